The quantitative estimate of drug-likeness (QED) is 0.630. The van der Waals surface area contributed by atoms with E-state index in [1.165, 1.54) is 19.3 Å². The van der Waals surface area contributed by atoms with Gasteiger partial charge in [0.25, 0.3) is 5.56 Å². The summed E-state index contributed by atoms with van der Waals surface area (Å²) in [5.41, 5.74) is -0.483. The largest absolute Gasteiger partial charge is 0.385 e. The molecule has 174 valence electrons. The summed E-state index contributed by atoms with van der Waals surface area (Å²) < 4.78 is 6.23. The summed E-state index contributed by atoms with van der Waals surface area (Å²) in [5, 5.41) is 0.413. The number of fused-ring (bicyclic) bond motifs is 2. The van der Waals surface area contributed by atoms with Crippen LogP contribution in [0.2, 0.25) is 0 Å². The Morgan fingerprint density at radius 2 is 1.97 bits per heavy atom. The van der Waals surface area contributed by atoms with E-state index in [0.29, 0.717) is 42.6 Å². The van der Waals surface area contributed by atoms with Gasteiger partial charge in [0.2, 0.25) is 5.91 Å². The number of nitrogens with zero attached hydrogens (tertiary/aromatic N) is 3. The first kappa shape index (κ1) is 22.7. The van der Waals surface area contributed by atoms with Gasteiger partial charge in [-0.3, -0.25) is 14.2 Å². The molecule has 0 spiro atoms. The minimum atomic E-state index is -0.546. The van der Waals surface area contributed by atoms with E-state index >= 15 is 0 Å². The molecule has 2 saturated heterocycles. The Bertz CT molecular complexity index is 1040. The number of amides is 1. The molecule has 4 rings (SSSR count). The van der Waals surface area contributed by atoms with Gasteiger partial charge in [-0.15, -0.1) is 0 Å². The summed E-state index contributed by atoms with van der Waals surface area (Å²) >= 11 is 0. The van der Waals surface area contributed by atoms with Crippen LogP contribution in [0.1, 0.15) is 38.5 Å². The van der Waals surface area contributed by atoms with Crippen LogP contribution in [0.25, 0.3) is 10.9 Å². The minimum absolute atomic E-state index is 0.183. The maximum absolute atomic E-state index is 13.3. The molecular formula is C24H34N4O4. The third-order valence-electron chi connectivity index (χ3n) is 7.00. The van der Waals surface area contributed by atoms with E-state index < -0.39 is 11.2 Å². The highest BCUT2D eigenvalue weighted by atomic mass is 16.5. The third kappa shape index (κ3) is 4.96. The molecule has 0 saturated carbocycles. The van der Waals surface area contributed by atoms with Crippen LogP contribution in [-0.2, 0) is 16.1 Å². The number of hydrogen-bond acceptors (Lipinski definition) is 5. The number of benzene rings is 1. The van der Waals surface area contributed by atoms with Gasteiger partial charge in [-0.25, -0.2) is 4.79 Å². The van der Waals surface area contributed by atoms with E-state index in [2.05, 4.69) is 9.88 Å². The number of piperidine rings is 2. The van der Waals surface area contributed by atoms with Gasteiger partial charge in [0.15, 0.2) is 0 Å². The Balaban J connectivity index is 1.54. The SMILES string of the molecule is COCCCN(C[C@H]1CCCN2CCCC[C@@H]12)C(=O)Cn1c(=O)[nH]c2ccccc2c1=O. The number of nitrogens with one attached hydrogen (secondary N) is 1. The fraction of sp³-hybridized carbons (Fsp3) is 0.625. The van der Waals surface area contributed by atoms with Crippen LogP contribution in [0.5, 0.6) is 0 Å². The molecular weight excluding hydrogens is 408 g/mol. The summed E-state index contributed by atoms with van der Waals surface area (Å²) in [7, 11) is 1.65. The summed E-state index contributed by atoms with van der Waals surface area (Å²) in [5.74, 6) is 0.249. The fourth-order valence-electron chi connectivity index (χ4n) is 5.37. The van der Waals surface area contributed by atoms with Crippen LogP contribution in [-0.4, -0.2) is 71.2 Å². The zero-order valence-corrected chi connectivity index (χ0v) is 18.9. The van der Waals surface area contributed by atoms with Crippen molar-refractivity contribution in [2.24, 2.45) is 5.92 Å². The molecule has 2 aliphatic rings. The summed E-state index contributed by atoms with van der Waals surface area (Å²) in [6, 6.07) is 7.42. The van der Waals surface area contributed by atoms with Crippen molar-refractivity contribution in [1.82, 2.24) is 19.4 Å². The number of aromatic amines is 1. The van der Waals surface area contributed by atoms with Gasteiger partial charge in [0.05, 0.1) is 10.9 Å². The molecule has 0 radical (unpaired) electrons. The van der Waals surface area contributed by atoms with Crippen LogP contribution in [0.15, 0.2) is 33.9 Å². The summed E-state index contributed by atoms with van der Waals surface area (Å²) in [4.78, 5) is 46.0. The molecule has 2 atom stereocenters. The highest BCUT2D eigenvalue weighted by Crippen LogP contribution is 2.31. The molecule has 1 aromatic heterocycles. The monoisotopic (exact) mass is 442 g/mol. The highest BCUT2D eigenvalue weighted by Gasteiger charge is 2.34. The van der Waals surface area contributed by atoms with Gasteiger partial charge < -0.3 is 19.5 Å². The molecule has 2 aromatic rings. The van der Waals surface area contributed by atoms with Crippen molar-refractivity contribution in [3.63, 3.8) is 0 Å². The molecule has 8 nitrogen and oxygen atoms in total. The van der Waals surface area contributed by atoms with Crippen LogP contribution >= 0.6 is 0 Å². The van der Waals surface area contributed by atoms with E-state index in [4.69, 9.17) is 4.74 Å². The van der Waals surface area contributed by atoms with Gasteiger partial charge >= 0.3 is 5.69 Å². The smallest absolute Gasteiger partial charge is 0.329 e. The molecule has 2 fully saturated rings. The number of aromatic nitrogens is 2. The topological polar surface area (TPSA) is 87.6 Å². The lowest BCUT2D eigenvalue weighted by Crippen LogP contribution is -2.52. The number of ether oxygens (including phenoxy) is 1. The van der Waals surface area contributed by atoms with Crippen LogP contribution in [0.3, 0.4) is 0 Å². The van der Waals surface area contributed by atoms with Crippen molar-refractivity contribution in [3.8, 4) is 0 Å². The zero-order valence-electron chi connectivity index (χ0n) is 18.9. The lowest BCUT2D eigenvalue weighted by atomic mass is 9.83. The van der Waals surface area contributed by atoms with Crippen molar-refractivity contribution in [1.29, 1.82) is 0 Å². The van der Waals surface area contributed by atoms with Crippen LogP contribution in [0, 0.1) is 5.92 Å². The lowest BCUT2D eigenvalue weighted by molar-refractivity contribution is -0.133. The molecule has 1 amide bonds. The Labute approximate surface area is 188 Å². The number of hydrogen-bond donors (Lipinski definition) is 1. The van der Waals surface area contributed by atoms with Gasteiger partial charge in [0, 0.05) is 32.8 Å². The second-order valence-corrected chi connectivity index (χ2v) is 9.05. The second-order valence-electron chi connectivity index (χ2n) is 9.05. The molecule has 0 aliphatic carbocycles. The Kier molecular flexibility index (Phi) is 7.42. The fourth-order valence-corrected chi connectivity index (χ4v) is 5.37. The molecule has 32 heavy (non-hydrogen) atoms. The number of rotatable bonds is 8. The first-order valence-electron chi connectivity index (χ1n) is 11.8. The first-order chi connectivity index (χ1) is 15.6. The normalized spacial score (nSPS) is 21.4. The molecule has 0 bridgehead atoms. The van der Waals surface area contributed by atoms with Crippen LogP contribution < -0.4 is 11.2 Å². The van der Waals surface area contributed by atoms with E-state index in [1.807, 2.05) is 4.90 Å². The van der Waals surface area contributed by atoms with Gasteiger partial charge in [-0.1, -0.05) is 18.6 Å². The number of carbonyl (C=O) groups is 1. The highest BCUT2D eigenvalue weighted by molar-refractivity contribution is 5.79. The predicted molar refractivity (Wildman–Crippen MR) is 124 cm³/mol. The Morgan fingerprint density at radius 1 is 1.16 bits per heavy atom. The van der Waals surface area contributed by atoms with Crippen molar-refractivity contribution in [2.75, 3.05) is 39.9 Å². The third-order valence-corrected chi connectivity index (χ3v) is 7.00. The Hall–Kier alpha value is -2.45. The number of carbonyl (C=O) groups excluding carboxylic acids is 1. The average Bonchev–Trinajstić information content (AvgIpc) is 2.81. The van der Waals surface area contributed by atoms with Gasteiger partial charge in [0.1, 0.15) is 6.54 Å². The lowest BCUT2D eigenvalue weighted by Gasteiger charge is -2.45. The van der Waals surface area contributed by atoms with Crippen molar-refractivity contribution >= 4 is 16.8 Å². The van der Waals surface area contributed by atoms with Gasteiger partial charge in [-0.05, 0) is 63.2 Å². The Morgan fingerprint density at radius 3 is 2.81 bits per heavy atom. The van der Waals surface area contributed by atoms with E-state index in [9.17, 15) is 14.4 Å². The standard InChI is InChI=1S/C24H34N4O4/c1-32-15-7-14-27(16-18-8-6-13-26-12-5-4-11-21(18)26)22(29)17-28-23(30)19-9-2-3-10-20(19)25-24(28)31/h2-3,9-10,18,21H,4-8,11-17H2,1H3,(H,25,31)/t18-,21+/m1/s1. The zero-order chi connectivity index (χ0) is 22.5. The average molecular weight is 443 g/mol. The molecule has 2 aliphatic heterocycles. The van der Waals surface area contributed by atoms with Crippen LogP contribution in [0.4, 0.5) is 0 Å². The van der Waals surface area contributed by atoms with E-state index in [0.717, 1.165) is 36.9 Å². The first-order valence-corrected chi connectivity index (χ1v) is 11.8. The van der Waals surface area contributed by atoms with E-state index in [1.54, 1.807) is 31.4 Å². The molecule has 1 aromatic carbocycles. The van der Waals surface area contributed by atoms with Crippen molar-refractivity contribution < 1.29 is 9.53 Å². The molecule has 3 heterocycles. The maximum atomic E-state index is 13.3. The maximum Gasteiger partial charge on any atom is 0.329 e. The minimum Gasteiger partial charge on any atom is -0.385 e. The predicted octanol–water partition coefficient (Wildman–Crippen LogP) is 1.82. The van der Waals surface area contributed by atoms with Gasteiger partial charge in [-0.2, -0.15) is 0 Å². The number of methoxy groups -OCH3 is 1. The number of H-pyrrole nitrogens is 1. The second kappa shape index (κ2) is 10.4. The molecule has 0 unspecified atom stereocenters. The molecule has 1 N–H and O–H groups in total. The van der Waals surface area contributed by atoms with Crippen molar-refractivity contribution in [2.45, 2.75) is 51.1 Å². The summed E-state index contributed by atoms with van der Waals surface area (Å²) in [6.45, 7) is 3.87. The van der Waals surface area contributed by atoms with Crippen molar-refractivity contribution in [3.05, 3.63) is 45.1 Å². The molecule has 8 heteroatoms. The number of para-hydroxylation sites is 1. The van der Waals surface area contributed by atoms with E-state index in [-0.39, 0.29) is 12.5 Å². The summed E-state index contributed by atoms with van der Waals surface area (Å²) in [6.07, 6.45) is 6.70.